The predicted molar refractivity (Wildman–Crippen MR) is 78.2 cm³/mol. The predicted octanol–water partition coefficient (Wildman–Crippen LogP) is 0.509. The van der Waals surface area contributed by atoms with Gasteiger partial charge in [-0.05, 0) is 13.3 Å². The third kappa shape index (κ3) is 2.69. The van der Waals surface area contributed by atoms with Crippen molar-refractivity contribution in [2.45, 2.75) is 32.9 Å². The first-order valence-corrected chi connectivity index (χ1v) is 7.40. The van der Waals surface area contributed by atoms with Gasteiger partial charge in [0.05, 0.1) is 24.5 Å². The van der Waals surface area contributed by atoms with Crippen molar-refractivity contribution in [1.82, 2.24) is 29.6 Å². The molecule has 0 radical (unpaired) electrons. The van der Waals surface area contributed by atoms with Crippen molar-refractivity contribution < 1.29 is 0 Å². The molecule has 9 heteroatoms. The molecule has 2 N–H and O–H groups in total. The molecule has 0 amide bonds. The van der Waals surface area contributed by atoms with Crippen LogP contribution < -0.4 is 11.3 Å². The molecule has 110 valence electrons. The molecule has 0 saturated carbocycles. The highest BCUT2D eigenvalue weighted by atomic mass is 32.1. The molecule has 1 atom stereocenters. The third-order valence-electron chi connectivity index (χ3n) is 3.09. The summed E-state index contributed by atoms with van der Waals surface area (Å²) in [7, 11) is 0. The van der Waals surface area contributed by atoms with Crippen molar-refractivity contribution in [2.75, 3.05) is 0 Å². The lowest BCUT2D eigenvalue weighted by molar-refractivity contribution is 0.635. The molecule has 21 heavy (non-hydrogen) atoms. The SMILES string of the molecule is CCC(N)c1cn(Cc2nn3c(=O)cc(C)nc3s2)nn1. The zero-order chi connectivity index (χ0) is 15.0. The summed E-state index contributed by atoms with van der Waals surface area (Å²) in [4.78, 5) is 16.7. The summed E-state index contributed by atoms with van der Waals surface area (Å²) in [5.74, 6) is 0. The lowest BCUT2D eigenvalue weighted by atomic mass is 10.2. The highest BCUT2D eigenvalue weighted by Gasteiger charge is 2.11. The Bertz CT molecular complexity index is 834. The fourth-order valence-corrected chi connectivity index (χ4v) is 2.87. The molecule has 1 unspecified atom stereocenters. The first-order chi connectivity index (χ1) is 10.1. The molecule has 0 aliphatic heterocycles. The number of aryl methyl sites for hydroxylation is 1. The lowest BCUT2D eigenvalue weighted by Crippen LogP contribution is -2.14. The number of fused-ring (bicyclic) bond motifs is 1. The van der Waals surface area contributed by atoms with Crippen molar-refractivity contribution in [2.24, 2.45) is 5.73 Å². The van der Waals surface area contributed by atoms with Crippen LogP contribution in [-0.4, -0.2) is 29.6 Å². The molecule has 3 aromatic rings. The van der Waals surface area contributed by atoms with Gasteiger partial charge in [0.1, 0.15) is 5.01 Å². The maximum absolute atomic E-state index is 11.8. The minimum absolute atomic E-state index is 0.110. The van der Waals surface area contributed by atoms with Gasteiger partial charge < -0.3 is 5.73 Å². The maximum atomic E-state index is 11.8. The Labute approximate surface area is 124 Å². The molecule has 0 aromatic carbocycles. The number of hydrogen-bond donors (Lipinski definition) is 1. The van der Waals surface area contributed by atoms with Crippen LogP contribution in [0.1, 0.15) is 35.8 Å². The molecular formula is C12H15N7OS. The quantitative estimate of drug-likeness (QED) is 0.753. The van der Waals surface area contributed by atoms with E-state index in [1.807, 2.05) is 13.1 Å². The Morgan fingerprint density at radius 1 is 1.48 bits per heavy atom. The summed E-state index contributed by atoms with van der Waals surface area (Å²) in [6.45, 7) is 4.23. The number of rotatable bonds is 4. The van der Waals surface area contributed by atoms with E-state index in [0.29, 0.717) is 17.2 Å². The second-order valence-electron chi connectivity index (χ2n) is 4.78. The number of nitrogens with zero attached hydrogens (tertiary/aromatic N) is 6. The van der Waals surface area contributed by atoms with E-state index in [9.17, 15) is 4.79 Å². The normalized spacial score (nSPS) is 12.9. The van der Waals surface area contributed by atoms with Gasteiger partial charge in [0.25, 0.3) is 5.56 Å². The summed E-state index contributed by atoms with van der Waals surface area (Å²) < 4.78 is 2.98. The molecule has 0 spiro atoms. The second kappa shape index (κ2) is 5.34. The van der Waals surface area contributed by atoms with Crippen LogP contribution in [0.25, 0.3) is 4.96 Å². The minimum atomic E-state index is -0.174. The monoisotopic (exact) mass is 305 g/mol. The van der Waals surface area contributed by atoms with Crippen LogP contribution in [0, 0.1) is 6.92 Å². The van der Waals surface area contributed by atoms with Crippen LogP contribution >= 0.6 is 11.3 Å². The molecular weight excluding hydrogens is 290 g/mol. The molecule has 8 nitrogen and oxygen atoms in total. The van der Waals surface area contributed by atoms with Crippen molar-refractivity contribution in [3.63, 3.8) is 0 Å². The Balaban J connectivity index is 1.90. The Hall–Kier alpha value is -2.13. The fourth-order valence-electron chi connectivity index (χ4n) is 1.93. The molecule has 3 heterocycles. The first kappa shape index (κ1) is 13.8. The summed E-state index contributed by atoms with van der Waals surface area (Å²) >= 11 is 1.36. The summed E-state index contributed by atoms with van der Waals surface area (Å²) in [6, 6.07) is 1.35. The van der Waals surface area contributed by atoms with Gasteiger partial charge in [-0.25, -0.2) is 9.67 Å². The van der Waals surface area contributed by atoms with E-state index >= 15 is 0 Å². The average molecular weight is 305 g/mol. The van der Waals surface area contributed by atoms with E-state index in [2.05, 4.69) is 20.4 Å². The highest BCUT2D eigenvalue weighted by Crippen LogP contribution is 2.14. The van der Waals surface area contributed by atoms with E-state index in [1.165, 1.54) is 21.9 Å². The van der Waals surface area contributed by atoms with Crippen molar-refractivity contribution in [3.05, 3.63) is 39.0 Å². The molecule has 0 aliphatic carbocycles. The van der Waals surface area contributed by atoms with E-state index in [1.54, 1.807) is 11.6 Å². The van der Waals surface area contributed by atoms with Gasteiger partial charge in [-0.1, -0.05) is 23.5 Å². The van der Waals surface area contributed by atoms with Crippen LogP contribution in [-0.2, 0) is 6.54 Å². The van der Waals surface area contributed by atoms with Gasteiger partial charge in [-0.3, -0.25) is 4.79 Å². The van der Waals surface area contributed by atoms with E-state index in [0.717, 1.165) is 17.1 Å². The third-order valence-corrected chi connectivity index (χ3v) is 3.98. The molecule has 0 aliphatic rings. The Morgan fingerprint density at radius 2 is 2.29 bits per heavy atom. The van der Waals surface area contributed by atoms with Crippen LogP contribution in [0.4, 0.5) is 0 Å². The Morgan fingerprint density at radius 3 is 3.05 bits per heavy atom. The standard InChI is InChI=1S/C12H15N7OS/c1-3-8(13)9-5-18(17-15-9)6-10-16-19-11(20)4-7(2)14-12(19)21-10/h4-5,8H,3,6,13H2,1-2H3. The second-order valence-corrected chi connectivity index (χ2v) is 5.82. The van der Waals surface area contributed by atoms with Gasteiger partial charge in [-0.2, -0.15) is 9.61 Å². The van der Waals surface area contributed by atoms with Crippen LogP contribution in [0.2, 0.25) is 0 Å². The maximum Gasteiger partial charge on any atom is 0.275 e. The van der Waals surface area contributed by atoms with Crippen LogP contribution in [0.5, 0.6) is 0 Å². The van der Waals surface area contributed by atoms with E-state index < -0.39 is 0 Å². The van der Waals surface area contributed by atoms with Crippen molar-refractivity contribution >= 4 is 16.3 Å². The summed E-state index contributed by atoms with van der Waals surface area (Å²) in [5.41, 5.74) is 7.18. The number of nitrogens with two attached hydrogens (primary N) is 1. The zero-order valence-corrected chi connectivity index (χ0v) is 12.5. The fraction of sp³-hybridized carbons (Fsp3) is 0.417. The molecule has 3 rings (SSSR count). The van der Waals surface area contributed by atoms with Crippen molar-refractivity contribution in [3.8, 4) is 0 Å². The van der Waals surface area contributed by atoms with Gasteiger partial charge in [0.15, 0.2) is 0 Å². The number of hydrogen-bond acceptors (Lipinski definition) is 7. The average Bonchev–Trinajstić information content (AvgIpc) is 3.05. The van der Waals surface area contributed by atoms with Gasteiger partial charge in [0, 0.05) is 11.8 Å². The van der Waals surface area contributed by atoms with E-state index in [4.69, 9.17) is 5.73 Å². The Kier molecular flexibility index (Phi) is 3.52. The molecule has 0 bridgehead atoms. The highest BCUT2D eigenvalue weighted by molar-refractivity contribution is 7.16. The lowest BCUT2D eigenvalue weighted by Gasteiger charge is -2.01. The summed E-state index contributed by atoms with van der Waals surface area (Å²) in [5, 5.41) is 13.1. The minimum Gasteiger partial charge on any atom is -0.323 e. The first-order valence-electron chi connectivity index (χ1n) is 6.59. The molecule has 0 fully saturated rings. The molecule has 3 aromatic heterocycles. The van der Waals surface area contributed by atoms with Crippen LogP contribution in [0.15, 0.2) is 17.1 Å². The number of aromatic nitrogens is 6. The summed E-state index contributed by atoms with van der Waals surface area (Å²) in [6.07, 6.45) is 2.61. The molecule has 0 saturated heterocycles. The van der Waals surface area contributed by atoms with Gasteiger partial charge in [-0.15, -0.1) is 5.10 Å². The smallest absolute Gasteiger partial charge is 0.275 e. The van der Waals surface area contributed by atoms with Gasteiger partial charge >= 0.3 is 0 Å². The largest absolute Gasteiger partial charge is 0.323 e. The van der Waals surface area contributed by atoms with Gasteiger partial charge in [0.2, 0.25) is 4.96 Å². The van der Waals surface area contributed by atoms with Crippen molar-refractivity contribution in [1.29, 1.82) is 0 Å². The van der Waals surface area contributed by atoms with E-state index in [-0.39, 0.29) is 11.6 Å². The topological polar surface area (TPSA) is 104 Å². The zero-order valence-electron chi connectivity index (χ0n) is 11.7. The van der Waals surface area contributed by atoms with Crippen LogP contribution in [0.3, 0.4) is 0 Å².